The zero-order valence-corrected chi connectivity index (χ0v) is 12.2. The Morgan fingerprint density at radius 2 is 1.95 bits per heavy atom. The van der Waals surface area contributed by atoms with Crippen molar-refractivity contribution in [2.45, 2.75) is 32.2 Å². The first kappa shape index (κ1) is 13.6. The molecule has 1 aromatic carbocycles. The van der Waals surface area contributed by atoms with Crippen molar-refractivity contribution in [1.82, 2.24) is 4.57 Å². The lowest BCUT2D eigenvalue weighted by Gasteiger charge is -2.16. The fourth-order valence-corrected chi connectivity index (χ4v) is 3.11. The van der Waals surface area contributed by atoms with E-state index in [4.69, 9.17) is 10.5 Å². The SMILES string of the molecule is COc1ccc(Cn2c(N)c(C#N)c3c2CCCC3)cc1. The normalized spacial score (nSPS) is 13.5. The summed E-state index contributed by atoms with van der Waals surface area (Å²) in [5, 5.41) is 9.36. The van der Waals surface area contributed by atoms with E-state index in [0.29, 0.717) is 17.9 Å². The van der Waals surface area contributed by atoms with Crippen molar-refractivity contribution in [1.29, 1.82) is 5.26 Å². The Morgan fingerprint density at radius 1 is 1.24 bits per heavy atom. The maximum Gasteiger partial charge on any atom is 0.122 e. The van der Waals surface area contributed by atoms with E-state index in [2.05, 4.69) is 10.6 Å². The molecule has 0 radical (unpaired) electrons. The second-order valence-electron chi connectivity index (χ2n) is 5.44. The summed E-state index contributed by atoms with van der Waals surface area (Å²) in [6.07, 6.45) is 4.30. The lowest BCUT2D eigenvalue weighted by atomic mass is 9.95. The Kier molecular flexibility index (Phi) is 3.57. The molecule has 0 aliphatic heterocycles. The van der Waals surface area contributed by atoms with E-state index in [1.165, 1.54) is 12.1 Å². The van der Waals surface area contributed by atoms with Gasteiger partial charge in [0.25, 0.3) is 0 Å². The van der Waals surface area contributed by atoms with E-state index in [9.17, 15) is 5.26 Å². The zero-order chi connectivity index (χ0) is 14.8. The molecule has 21 heavy (non-hydrogen) atoms. The lowest BCUT2D eigenvalue weighted by Crippen LogP contribution is -2.11. The molecule has 2 aromatic rings. The van der Waals surface area contributed by atoms with Crippen LogP contribution in [-0.2, 0) is 19.4 Å². The molecule has 1 heterocycles. The minimum atomic E-state index is 0.611. The van der Waals surface area contributed by atoms with Crippen LogP contribution in [0, 0.1) is 11.3 Å². The van der Waals surface area contributed by atoms with Crippen LogP contribution in [0.15, 0.2) is 24.3 Å². The number of hydrogen-bond acceptors (Lipinski definition) is 3. The van der Waals surface area contributed by atoms with Gasteiger partial charge in [0.05, 0.1) is 12.7 Å². The maximum absolute atomic E-state index is 9.36. The number of hydrogen-bond donors (Lipinski definition) is 1. The van der Waals surface area contributed by atoms with Crippen molar-refractivity contribution in [3.63, 3.8) is 0 Å². The van der Waals surface area contributed by atoms with E-state index in [1.807, 2.05) is 24.3 Å². The molecule has 0 amide bonds. The van der Waals surface area contributed by atoms with E-state index < -0.39 is 0 Å². The van der Waals surface area contributed by atoms with Gasteiger partial charge < -0.3 is 15.0 Å². The molecule has 0 unspecified atom stereocenters. The Balaban J connectivity index is 1.98. The van der Waals surface area contributed by atoms with E-state index in [0.717, 1.165) is 36.1 Å². The van der Waals surface area contributed by atoms with E-state index in [1.54, 1.807) is 7.11 Å². The fourth-order valence-electron chi connectivity index (χ4n) is 3.11. The number of nitriles is 1. The molecule has 0 saturated carbocycles. The van der Waals surface area contributed by atoms with Gasteiger partial charge in [-0.15, -0.1) is 0 Å². The Morgan fingerprint density at radius 3 is 2.62 bits per heavy atom. The summed E-state index contributed by atoms with van der Waals surface area (Å²) in [6.45, 7) is 0.708. The number of fused-ring (bicyclic) bond motifs is 1. The van der Waals surface area contributed by atoms with Gasteiger partial charge in [-0.1, -0.05) is 12.1 Å². The van der Waals surface area contributed by atoms with Crippen LogP contribution in [0.4, 0.5) is 5.82 Å². The second kappa shape index (κ2) is 5.53. The van der Waals surface area contributed by atoms with Gasteiger partial charge >= 0.3 is 0 Å². The van der Waals surface area contributed by atoms with Crippen LogP contribution in [0.3, 0.4) is 0 Å². The second-order valence-corrected chi connectivity index (χ2v) is 5.44. The highest BCUT2D eigenvalue weighted by atomic mass is 16.5. The summed E-state index contributed by atoms with van der Waals surface area (Å²) in [5.41, 5.74) is 10.5. The standard InChI is InChI=1S/C17H19N3O/c1-21-13-8-6-12(7-9-13)11-20-16-5-3-2-4-14(16)15(10-18)17(20)19/h6-9H,2-5,11,19H2,1H3. The summed E-state index contributed by atoms with van der Waals surface area (Å²) in [4.78, 5) is 0. The van der Waals surface area contributed by atoms with Crippen LogP contribution in [0.2, 0.25) is 0 Å². The van der Waals surface area contributed by atoms with Gasteiger partial charge in [-0.25, -0.2) is 0 Å². The summed E-state index contributed by atoms with van der Waals surface area (Å²) >= 11 is 0. The van der Waals surface area contributed by atoms with Crippen LogP contribution in [0.1, 0.15) is 35.2 Å². The van der Waals surface area contributed by atoms with Gasteiger partial charge in [-0.2, -0.15) is 5.26 Å². The van der Waals surface area contributed by atoms with Gasteiger partial charge in [0.2, 0.25) is 0 Å². The Hall–Kier alpha value is -2.41. The van der Waals surface area contributed by atoms with Crippen molar-refractivity contribution >= 4 is 5.82 Å². The van der Waals surface area contributed by atoms with Crippen LogP contribution in [0.5, 0.6) is 5.75 Å². The number of nitrogens with zero attached hydrogens (tertiary/aromatic N) is 2. The molecule has 0 fully saturated rings. The third kappa shape index (κ3) is 2.36. The third-order valence-corrected chi connectivity index (χ3v) is 4.22. The number of nitrogen functional groups attached to an aromatic ring is 1. The zero-order valence-electron chi connectivity index (χ0n) is 12.2. The number of anilines is 1. The molecular weight excluding hydrogens is 262 g/mol. The smallest absolute Gasteiger partial charge is 0.122 e. The van der Waals surface area contributed by atoms with Crippen LogP contribution >= 0.6 is 0 Å². The highest BCUT2D eigenvalue weighted by Gasteiger charge is 2.23. The van der Waals surface area contributed by atoms with Gasteiger partial charge in [0.1, 0.15) is 17.6 Å². The minimum absolute atomic E-state index is 0.611. The average molecular weight is 281 g/mol. The minimum Gasteiger partial charge on any atom is -0.497 e. The van der Waals surface area contributed by atoms with E-state index in [-0.39, 0.29) is 0 Å². The molecule has 108 valence electrons. The highest BCUT2D eigenvalue weighted by Crippen LogP contribution is 2.32. The lowest BCUT2D eigenvalue weighted by molar-refractivity contribution is 0.414. The van der Waals surface area contributed by atoms with Crippen molar-refractivity contribution < 1.29 is 4.74 Å². The summed E-state index contributed by atoms with van der Waals surface area (Å²) < 4.78 is 7.29. The van der Waals surface area contributed by atoms with Gasteiger partial charge in [0.15, 0.2) is 0 Å². The first-order valence-corrected chi connectivity index (χ1v) is 7.27. The molecule has 4 nitrogen and oxygen atoms in total. The van der Waals surface area contributed by atoms with Crippen molar-refractivity contribution in [2.24, 2.45) is 0 Å². The first-order chi connectivity index (χ1) is 10.2. The molecule has 0 atom stereocenters. The van der Waals surface area contributed by atoms with Gasteiger partial charge in [0, 0.05) is 12.2 Å². The highest BCUT2D eigenvalue weighted by molar-refractivity contribution is 5.59. The van der Waals surface area contributed by atoms with Crippen molar-refractivity contribution in [3.8, 4) is 11.8 Å². The first-order valence-electron chi connectivity index (χ1n) is 7.27. The summed E-state index contributed by atoms with van der Waals surface area (Å²) in [6, 6.07) is 10.3. The molecule has 0 spiro atoms. The fraction of sp³-hybridized carbons (Fsp3) is 0.353. The van der Waals surface area contributed by atoms with Crippen LogP contribution in [-0.4, -0.2) is 11.7 Å². The monoisotopic (exact) mass is 281 g/mol. The largest absolute Gasteiger partial charge is 0.497 e. The number of benzene rings is 1. The van der Waals surface area contributed by atoms with Gasteiger partial charge in [-0.05, 0) is 48.9 Å². The number of methoxy groups -OCH3 is 1. The van der Waals surface area contributed by atoms with Crippen LogP contribution < -0.4 is 10.5 Å². The van der Waals surface area contributed by atoms with Gasteiger partial charge in [-0.3, -0.25) is 0 Å². The molecule has 1 aliphatic carbocycles. The number of ether oxygens (including phenoxy) is 1. The predicted molar refractivity (Wildman–Crippen MR) is 82.3 cm³/mol. The molecule has 0 bridgehead atoms. The molecule has 2 N–H and O–H groups in total. The van der Waals surface area contributed by atoms with Crippen molar-refractivity contribution in [2.75, 3.05) is 12.8 Å². The van der Waals surface area contributed by atoms with E-state index >= 15 is 0 Å². The topological polar surface area (TPSA) is 64.0 Å². The average Bonchev–Trinajstić information content (AvgIpc) is 2.80. The number of nitrogens with two attached hydrogens (primary N) is 1. The maximum atomic E-state index is 9.36. The quantitative estimate of drug-likeness (QED) is 0.940. The summed E-state index contributed by atoms with van der Waals surface area (Å²) in [7, 11) is 1.66. The van der Waals surface area contributed by atoms with Crippen molar-refractivity contribution in [3.05, 3.63) is 46.6 Å². The molecule has 3 rings (SSSR count). The molecular formula is C17H19N3O. The van der Waals surface area contributed by atoms with Crippen LogP contribution in [0.25, 0.3) is 0 Å². The predicted octanol–water partition coefficient (Wildman–Crippen LogP) is 2.88. The molecule has 1 aromatic heterocycles. The molecule has 4 heteroatoms. The number of rotatable bonds is 3. The molecule has 0 saturated heterocycles. The molecule has 1 aliphatic rings. The summed E-state index contributed by atoms with van der Waals surface area (Å²) in [5.74, 6) is 1.46. The Labute approximate surface area is 124 Å². The number of aromatic nitrogens is 1. The third-order valence-electron chi connectivity index (χ3n) is 4.22. The Bertz CT molecular complexity index is 692.